The standard InChI is InChI=1S/C17H18ClN3O2/c18-14-5-3-12(4-6-14)16(22)20-15-2-1-9-21(11-15)17(23)13-7-8-19-10-13/h3-8,10,15,19H,1-2,9,11H2,(H,20,22). The fourth-order valence-corrected chi connectivity index (χ4v) is 2.91. The molecule has 1 saturated heterocycles. The van der Waals surface area contributed by atoms with Crippen molar-refractivity contribution in [3.63, 3.8) is 0 Å². The van der Waals surface area contributed by atoms with Crippen LogP contribution in [0.25, 0.3) is 0 Å². The van der Waals surface area contributed by atoms with Crippen molar-refractivity contribution in [2.45, 2.75) is 18.9 Å². The molecule has 6 heteroatoms. The number of halogens is 1. The Labute approximate surface area is 139 Å². The lowest BCUT2D eigenvalue weighted by atomic mass is 10.0. The second-order valence-corrected chi connectivity index (χ2v) is 6.11. The third-order valence-corrected chi connectivity index (χ3v) is 4.25. The Hall–Kier alpha value is -2.27. The Kier molecular flexibility index (Phi) is 4.67. The summed E-state index contributed by atoms with van der Waals surface area (Å²) >= 11 is 5.83. The lowest BCUT2D eigenvalue weighted by Crippen LogP contribution is -2.49. The van der Waals surface area contributed by atoms with E-state index >= 15 is 0 Å². The molecule has 1 aromatic heterocycles. The number of rotatable bonds is 3. The van der Waals surface area contributed by atoms with Crippen molar-refractivity contribution in [1.29, 1.82) is 0 Å². The molecule has 0 saturated carbocycles. The van der Waals surface area contributed by atoms with Gasteiger partial charge in [-0.05, 0) is 43.2 Å². The van der Waals surface area contributed by atoms with Gasteiger partial charge in [0.05, 0.1) is 5.56 Å². The number of benzene rings is 1. The van der Waals surface area contributed by atoms with Crippen LogP contribution >= 0.6 is 11.6 Å². The summed E-state index contributed by atoms with van der Waals surface area (Å²) in [5.41, 5.74) is 1.22. The summed E-state index contributed by atoms with van der Waals surface area (Å²) in [6.45, 7) is 1.25. The molecule has 1 unspecified atom stereocenters. The molecule has 1 fully saturated rings. The third kappa shape index (κ3) is 3.74. The van der Waals surface area contributed by atoms with Crippen molar-refractivity contribution in [2.75, 3.05) is 13.1 Å². The van der Waals surface area contributed by atoms with Crippen LogP contribution in [0.4, 0.5) is 0 Å². The zero-order chi connectivity index (χ0) is 16.2. The van der Waals surface area contributed by atoms with Crippen molar-refractivity contribution in [2.24, 2.45) is 0 Å². The van der Waals surface area contributed by atoms with Gasteiger partial charge < -0.3 is 15.2 Å². The molecular formula is C17H18ClN3O2. The second-order valence-electron chi connectivity index (χ2n) is 5.67. The summed E-state index contributed by atoms with van der Waals surface area (Å²) in [5, 5.41) is 3.60. The molecule has 0 aliphatic carbocycles. The maximum atomic E-state index is 12.4. The average Bonchev–Trinajstić information content (AvgIpc) is 3.09. The number of aromatic nitrogens is 1. The molecule has 23 heavy (non-hydrogen) atoms. The van der Waals surface area contributed by atoms with Gasteiger partial charge in [-0.25, -0.2) is 0 Å². The fourth-order valence-electron chi connectivity index (χ4n) is 2.79. The highest BCUT2D eigenvalue weighted by molar-refractivity contribution is 6.30. The SMILES string of the molecule is O=C(NC1CCCN(C(=O)c2cc[nH]c2)C1)c1ccc(Cl)cc1. The summed E-state index contributed by atoms with van der Waals surface area (Å²) in [6.07, 6.45) is 5.17. The molecule has 2 amide bonds. The van der Waals surface area contributed by atoms with Gasteiger partial charge in [-0.1, -0.05) is 11.6 Å². The van der Waals surface area contributed by atoms with Crippen LogP contribution in [-0.2, 0) is 0 Å². The number of hydrogen-bond donors (Lipinski definition) is 2. The number of carbonyl (C=O) groups is 2. The molecular weight excluding hydrogens is 314 g/mol. The minimum atomic E-state index is -0.136. The van der Waals surface area contributed by atoms with E-state index in [1.54, 1.807) is 47.6 Å². The number of hydrogen-bond acceptors (Lipinski definition) is 2. The van der Waals surface area contributed by atoms with Crippen LogP contribution in [0.1, 0.15) is 33.6 Å². The number of nitrogens with zero attached hydrogens (tertiary/aromatic N) is 1. The average molecular weight is 332 g/mol. The van der Waals surface area contributed by atoms with Gasteiger partial charge >= 0.3 is 0 Å². The first-order valence-electron chi connectivity index (χ1n) is 7.62. The molecule has 1 atom stereocenters. The van der Waals surface area contributed by atoms with Crippen LogP contribution in [-0.4, -0.2) is 40.8 Å². The van der Waals surface area contributed by atoms with Crippen LogP contribution in [0.5, 0.6) is 0 Å². The first-order valence-corrected chi connectivity index (χ1v) is 8.00. The Bertz CT molecular complexity index is 682. The summed E-state index contributed by atoms with van der Waals surface area (Å²) in [4.78, 5) is 29.3. The van der Waals surface area contributed by atoms with Gasteiger partial charge in [-0.3, -0.25) is 9.59 Å². The number of nitrogens with one attached hydrogen (secondary N) is 2. The first-order chi connectivity index (χ1) is 11.1. The lowest BCUT2D eigenvalue weighted by Gasteiger charge is -2.33. The zero-order valence-corrected chi connectivity index (χ0v) is 13.3. The van der Waals surface area contributed by atoms with E-state index < -0.39 is 0 Å². The van der Waals surface area contributed by atoms with E-state index in [4.69, 9.17) is 11.6 Å². The molecule has 5 nitrogen and oxygen atoms in total. The molecule has 1 aliphatic rings. The van der Waals surface area contributed by atoms with Crippen LogP contribution in [0.2, 0.25) is 5.02 Å². The second kappa shape index (κ2) is 6.87. The van der Waals surface area contributed by atoms with E-state index in [1.807, 2.05) is 0 Å². The Morgan fingerprint density at radius 2 is 1.96 bits per heavy atom. The van der Waals surface area contributed by atoms with Crippen LogP contribution in [0.3, 0.4) is 0 Å². The minimum absolute atomic E-state index is 0.00306. The van der Waals surface area contributed by atoms with E-state index in [0.717, 1.165) is 19.4 Å². The van der Waals surface area contributed by atoms with E-state index in [1.165, 1.54) is 0 Å². The monoisotopic (exact) mass is 331 g/mol. The van der Waals surface area contributed by atoms with Crippen molar-refractivity contribution < 1.29 is 9.59 Å². The number of carbonyl (C=O) groups excluding carboxylic acids is 2. The largest absolute Gasteiger partial charge is 0.367 e. The van der Waals surface area contributed by atoms with Crippen LogP contribution in [0.15, 0.2) is 42.7 Å². The van der Waals surface area contributed by atoms with Crippen LogP contribution in [0, 0.1) is 0 Å². The lowest BCUT2D eigenvalue weighted by molar-refractivity contribution is 0.0676. The van der Waals surface area contributed by atoms with Gasteiger partial charge in [0, 0.05) is 42.1 Å². The number of aromatic amines is 1. The van der Waals surface area contributed by atoms with Gasteiger partial charge in [0.2, 0.25) is 0 Å². The van der Waals surface area contributed by atoms with Crippen LogP contribution < -0.4 is 5.32 Å². The third-order valence-electron chi connectivity index (χ3n) is 4.00. The van der Waals surface area contributed by atoms with E-state index in [9.17, 15) is 9.59 Å². The summed E-state index contributed by atoms with van der Waals surface area (Å²) in [7, 11) is 0. The molecule has 3 rings (SSSR count). The van der Waals surface area contributed by atoms with Crippen molar-refractivity contribution in [3.8, 4) is 0 Å². The summed E-state index contributed by atoms with van der Waals surface area (Å²) in [6, 6.07) is 8.51. The topological polar surface area (TPSA) is 65.2 Å². The molecule has 1 aliphatic heterocycles. The number of H-pyrrole nitrogens is 1. The highest BCUT2D eigenvalue weighted by Crippen LogP contribution is 2.15. The minimum Gasteiger partial charge on any atom is -0.367 e. The molecule has 2 heterocycles. The maximum absolute atomic E-state index is 12.4. The van der Waals surface area contributed by atoms with E-state index in [-0.39, 0.29) is 17.9 Å². The predicted octanol–water partition coefficient (Wildman–Crippen LogP) is 2.70. The molecule has 2 N–H and O–H groups in total. The van der Waals surface area contributed by atoms with Crippen molar-refractivity contribution >= 4 is 23.4 Å². The van der Waals surface area contributed by atoms with Gasteiger partial charge in [-0.2, -0.15) is 0 Å². The molecule has 1 aromatic carbocycles. The maximum Gasteiger partial charge on any atom is 0.255 e. The predicted molar refractivity (Wildman–Crippen MR) is 88.6 cm³/mol. The zero-order valence-electron chi connectivity index (χ0n) is 12.6. The Morgan fingerprint density at radius 3 is 2.65 bits per heavy atom. The highest BCUT2D eigenvalue weighted by Gasteiger charge is 2.25. The summed E-state index contributed by atoms with van der Waals surface area (Å²) < 4.78 is 0. The molecule has 120 valence electrons. The van der Waals surface area contributed by atoms with Gasteiger partial charge in [0.15, 0.2) is 0 Å². The number of amides is 2. The fraction of sp³-hybridized carbons (Fsp3) is 0.294. The Balaban J connectivity index is 1.61. The smallest absolute Gasteiger partial charge is 0.255 e. The normalized spacial score (nSPS) is 17.8. The Morgan fingerprint density at radius 1 is 1.17 bits per heavy atom. The molecule has 2 aromatic rings. The first kappa shape index (κ1) is 15.6. The summed E-state index contributed by atoms with van der Waals surface area (Å²) in [5.74, 6) is -0.140. The molecule has 0 bridgehead atoms. The van der Waals surface area contributed by atoms with Crippen molar-refractivity contribution in [3.05, 3.63) is 58.9 Å². The number of piperidine rings is 1. The van der Waals surface area contributed by atoms with Crippen molar-refractivity contribution in [1.82, 2.24) is 15.2 Å². The highest BCUT2D eigenvalue weighted by atomic mass is 35.5. The van der Waals surface area contributed by atoms with Gasteiger partial charge in [-0.15, -0.1) is 0 Å². The number of likely N-dealkylation sites (tertiary alicyclic amines) is 1. The van der Waals surface area contributed by atoms with E-state index in [0.29, 0.717) is 22.7 Å². The quantitative estimate of drug-likeness (QED) is 0.908. The van der Waals surface area contributed by atoms with E-state index in [2.05, 4.69) is 10.3 Å². The van der Waals surface area contributed by atoms with Gasteiger partial charge in [0.25, 0.3) is 11.8 Å². The molecule has 0 radical (unpaired) electrons. The van der Waals surface area contributed by atoms with Gasteiger partial charge in [0.1, 0.15) is 0 Å². The molecule has 0 spiro atoms.